The molecule has 0 aromatic heterocycles. The summed E-state index contributed by atoms with van der Waals surface area (Å²) in [6.07, 6.45) is 5.34. The second kappa shape index (κ2) is 29.9. The van der Waals surface area contributed by atoms with E-state index in [0.717, 1.165) is 30.4 Å². The van der Waals surface area contributed by atoms with Gasteiger partial charge >= 0.3 is 17.9 Å². The molecule has 8 N–H and O–H groups in total. The quantitative estimate of drug-likeness (QED) is 0.134. The fourth-order valence-corrected chi connectivity index (χ4v) is 0.848. The first-order chi connectivity index (χ1) is 16.3. The Labute approximate surface area is 204 Å². The van der Waals surface area contributed by atoms with E-state index in [9.17, 15) is 24.0 Å². The molecular weight excluding hydrogens is 468 g/mol. The molecule has 0 heterocycles. The van der Waals surface area contributed by atoms with E-state index in [1.54, 1.807) is 0 Å². The minimum atomic E-state index is -0.981. The standard InChI is InChI=1S/C7H10N2O2.C6H14O3.3C3H4O2/c1-3-6(10)8-5-9-7(11)4-2;1-2-6(3-7,4-8)5-9;3*1-2-3(4)5/h3-4H,1-2,5H2,(H,8,10)(H,9,11);7-9H,2-5H2,1H3;3*2H,1H2,(H,4,5). The summed E-state index contributed by atoms with van der Waals surface area (Å²) in [5.74, 6) is -3.59. The SMILES string of the molecule is C=CC(=O)NCNC(=O)C=C.C=CC(=O)O.C=CC(=O)O.C=CC(=O)O.CCC(CO)(CO)CO. The molecule has 0 spiro atoms. The Kier molecular flexibility index (Phi) is 35.2. The number of rotatable bonds is 11. The molecule has 0 saturated carbocycles. The lowest BCUT2D eigenvalue weighted by Crippen LogP contribution is -2.35. The highest BCUT2D eigenvalue weighted by atomic mass is 16.4. The molecule has 0 bridgehead atoms. The molecule has 35 heavy (non-hydrogen) atoms. The van der Waals surface area contributed by atoms with Crippen LogP contribution < -0.4 is 10.6 Å². The number of hydrogen-bond donors (Lipinski definition) is 8. The Bertz CT molecular complexity index is 605. The van der Waals surface area contributed by atoms with Gasteiger partial charge in [-0.25, -0.2) is 14.4 Å². The van der Waals surface area contributed by atoms with Gasteiger partial charge in [0, 0.05) is 23.6 Å². The molecule has 200 valence electrons. The smallest absolute Gasteiger partial charge is 0.327 e. The number of amides is 2. The number of hydrogen-bond acceptors (Lipinski definition) is 8. The van der Waals surface area contributed by atoms with Gasteiger partial charge in [0.15, 0.2) is 0 Å². The lowest BCUT2D eigenvalue weighted by molar-refractivity contribution is -0.132. The van der Waals surface area contributed by atoms with Crippen LogP contribution in [0.3, 0.4) is 0 Å². The zero-order valence-electron chi connectivity index (χ0n) is 19.7. The molecule has 0 saturated heterocycles. The second-order valence-electron chi connectivity index (χ2n) is 5.62. The summed E-state index contributed by atoms with van der Waals surface area (Å²) in [4.78, 5) is 48.7. The summed E-state index contributed by atoms with van der Waals surface area (Å²) >= 11 is 0. The molecule has 2 amide bonds. The monoisotopic (exact) mass is 504 g/mol. The minimum absolute atomic E-state index is 0.0930. The van der Waals surface area contributed by atoms with Crippen LogP contribution in [0.5, 0.6) is 0 Å². The van der Waals surface area contributed by atoms with Crippen LogP contribution in [0, 0.1) is 5.41 Å². The molecule has 0 aromatic carbocycles. The molecule has 13 nitrogen and oxygen atoms in total. The number of carboxylic acid groups (broad SMARTS) is 3. The van der Waals surface area contributed by atoms with Crippen molar-refractivity contribution < 1.29 is 54.6 Å². The summed E-state index contributed by atoms with van der Waals surface area (Å²) in [6.45, 7) is 16.8. The fourth-order valence-electron chi connectivity index (χ4n) is 0.848. The van der Waals surface area contributed by atoms with Crippen molar-refractivity contribution in [3.05, 3.63) is 63.3 Å². The van der Waals surface area contributed by atoms with Crippen molar-refractivity contribution in [2.24, 2.45) is 5.41 Å². The molecule has 0 atom stereocenters. The minimum Gasteiger partial charge on any atom is -0.478 e. The van der Waals surface area contributed by atoms with E-state index in [0.29, 0.717) is 6.42 Å². The Morgan fingerprint density at radius 3 is 0.943 bits per heavy atom. The van der Waals surface area contributed by atoms with Gasteiger partial charge in [-0.15, -0.1) is 0 Å². The zero-order chi connectivity index (χ0) is 28.9. The zero-order valence-corrected chi connectivity index (χ0v) is 19.7. The summed E-state index contributed by atoms with van der Waals surface area (Å²) in [5.41, 5.74) is -0.667. The van der Waals surface area contributed by atoms with Crippen LogP contribution in [-0.4, -0.2) is 86.9 Å². The van der Waals surface area contributed by atoms with E-state index < -0.39 is 23.3 Å². The van der Waals surface area contributed by atoms with Crippen molar-refractivity contribution >= 4 is 29.7 Å². The Hall–Kier alpha value is -4.07. The summed E-state index contributed by atoms with van der Waals surface area (Å²) < 4.78 is 0. The summed E-state index contributed by atoms with van der Waals surface area (Å²) in [7, 11) is 0. The van der Waals surface area contributed by atoms with Gasteiger partial charge in [-0.3, -0.25) is 9.59 Å². The number of aliphatic carboxylic acids is 3. The van der Waals surface area contributed by atoms with E-state index in [-0.39, 0.29) is 38.3 Å². The first-order valence-electron chi connectivity index (χ1n) is 9.45. The van der Waals surface area contributed by atoms with Gasteiger partial charge in [-0.2, -0.15) is 0 Å². The van der Waals surface area contributed by atoms with Gasteiger partial charge in [-0.1, -0.05) is 39.8 Å². The van der Waals surface area contributed by atoms with Crippen molar-refractivity contribution in [3.63, 3.8) is 0 Å². The molecular formula is C22H36N2O11. The maximum Gasteiger partial charge on any atom is 0.327 e. The summed E-state index contributed by atoms with van der Waals surface area (Å²) in [5, 5.41) is 53.5. The lowest BCUT2D eigenvalue weighted by atomic mass is 9.88. The molecule has 0 aliphatic heterocycles. The molecule has 0 aliphatic rings. The van der Waals surface area contributed by atoms with Crippen LogP contribution in [0.4, 0.5) is 0 Å². The molecule has 0 fully saturated rings. The third-order valence-corrected chi connectivity index (χ3v) is 3.18. The van der Waals surface area contributed by atoms with Gasteiger partial charge in [-0.05, 0) is 18.6 Å². The maximum absolute atomic E-state index is 10.5. The Balaban J connectivity index is -0.000000112. The van der Waals surface area contributed by atoms with E-state index in [2.05, 4.69) is 43.5 Å². The molecule has 0 rings (SSSR count). The predicted molar refractivity (Wildman–Crippen MR) is 129 cm³/mol. The molecule has 0 aliphatic carbocycles. The number of nitrogens with one attached hydrogen (secondary N) is 2. The highest BCUT2D eigenvalue weighted by Crippen LogP contribution is 2.18. The first-order valence-corrected chi connectivity index (χ1v) is 9.45. The van der Waals surface area contributed by atoms with Gasteiger partial charge in [0.2, 0.25) is 11.8 Å². The van der Waals surface area contributed by atoms with E-state index in [1.807, 2.05) is 6.92 Å². The highest BCUT2D eigenvalue weighted by Gasteiger charge is 2.24. The number of carbonyl (C=O) groups excluding carboxylic acids is 2. The summed E-state index contributed by atoms with van der Waals surface area (Å²) in [6, 6.07) is 0. The van der Waals surface area contributed by atoms with Gasteiger partial charge < -0.3 is 41.3 Å². The van der Waals surface area contributed by atoms with Crippen LogP contribution in [0.25, 0.3) is 0 Å². The molecule has 0 radical (unpaired) electrons. The normalized spacial score (nSPS) is 8.34. The van der Waals surface area contributed by atoms with Crippen molar-refractivity contribution in [1.82, 2.24) is 10.6 Å². The van der Waals surface area contributed by atoms with Crippen molar-refractivity contribution in [2.45, 2.75) is 13.3 Å². The van der Waals surface area contributed by atoms with E-state index in [4.69, 9.17) is 30.6 Å². The Morgan fingerprint density at radius 2 is 0.857 bits per heavy atom. The van der Waals surface area contributed by atoms with Gasteiger partial charge in [0.1, 0.15) is 0 Å². The topological polar surface area (TPSA) is 231 Å². The second-order valence-corrected chi connectivity index (χ2v) is 5.62. The van der Waals surface area contributed by atoms with Crippen LogP contribution in [0.15, 0.2) is 63.3 Å². The number of carboxylic acids is 3. The third kappa shape index (κ3) is 40.8. The average molecular weight is 505 g/mol. The maximum atomic E-state index is 10.5. The van der Waals surface area contributed by atoms with Crippen molar-refractivity contribution in [1.29, 1.82) is 0 Å². The molecule has 0 unspecified atom stereocenters. The van der Waals surface area contributed by atoms with Crippen LogP contribution in [0.1, 0.15) is 13.3 Å². The van der Waals surface area contributed by atoms with Gasteiger partial charge in [0.05, 0.1) is 26.5 Å². The van der Waals surface area contributed by atoms with E-state index in [1.165, 1.54) is 0 Å². The van der Waals surface area contributed by atoms with Crippen molar-refractivity contribution in [3.8, 4) is 0 Å². The highest BCUT2D eigenvalue weighted by molar-refractivity contribution is 5.89. The lowest BCUT2D eigenvalue weighted by Gasteiger charge is -2.24. The van der Waals surface area contributed by atoms with Crippen LogP contribution >= 0.6 is 0 Å². The predicted octanol–water partition coefficient (Wildman–Crippen LogP) is -0.321. The number of carbonyl (C=O) groups is 5. The van der Waals surface area contributed by atoms with Crippen LogP contribution in [-0.2, 0) is 24.0 Å². The number of aliphatic hydroxyl groups is 3. The molecule has 0 aromatic rings. The van der Waals surface area contributed by atoms with E-state index >= 15 is 0 Å². The average Bonchev–Trinajstić information content (AvgIpc) is 2.86. The first kappa shape index (κ1) is 41.2. The largest absolute Gasteiger partial charge is 0.478 e. The van der Waals surface area contributed by atoms with Gasteiger partial charge in [0.25, 0.3) is 0 Å². The third-order valence-electron chi connectivity index (χ3n) is 3.18. The fraction of sp³-hybridized carbons (Fsp3) is 0.318. The number of aliphatic hydroxyl groups excluding tert-OH is 3. The van der Waals surface area contributed by atoms with Crippen molar-refractivity contribution in [2.75, 3.05) is 26.5 Å². The molecule has 13 heteroatoms. The van der Waals surface area contributed by atoms with Crippen LogP contribution in [0.2, 0.25) is 0 Å². The Morgan fingerprint density at radius 1 is 0.629 bits per heavy atom.